The number of nitrogens with zero attached hydrogens (tertiary/aromatic N) is 3. The van der Waals surface area contributed by atoms with Crippen molar-refractivity contribution in [3.63, 3.8) is 0 Å². The molecule has 1 amide bonds. The molecule has 1 fully saturated rings. The number of amides is 1. The van der Waals surface area contributed by atoms with E-state index in [9.17, 15) is 4.79 Å². The van der Waals surface area contributed by atoms with E-state index in [2.05, 4.69) is 36.1 Å². The zero-order valence-electron chi connectivity index (χ0n) is 13.8. The number of carbonyl (C=O) groups excluding carboxylic acids is 1. The number of rotatable bonds is 3. The zero-order chi connectivity index (χ0) is 16.9. The van der Waals surface area contributed by atoms with Gasteiger partial charge in [-0.05, 0) is 50.1 Å². The summed E-state index contributed by atoms with van der Waals surface area (Å²) in [5, 5.41) is 2.89. The van der Waals surface area contributed by atoms with Crippen LogP contribution in [0.25, 0.3) is 0 Å². The Morgan fingerprint density at radius 1 is 1.08 bits per heavy atom. The summed E-state index contributed by atoms with van der Waals surface area (Å²) in [5.74, 6) is 0.455. The number of aromatic nitrogens is 2. The third kappa shape index (κ3) is 4.32. The number of benzene rings is 1. The maximum absolute atomic E-state index is 12.5. The Kier molecular flexibility index (Phi) is 5.45. The van der Waals surface area contributed by atoms with Crippen molar-refractivity contribution in [1.82, 2.24) is 9.97 Å². The maximum atomic E-state index is 12.5. The van der Waals surface area contributed by atoms with Crippen molar-refractivity contribution >= 4 is 33.5 Å². The molecule has 1 aromatic carbocycles. The first kappa shape index (κ1) is 16.9. The number of halogens is 1. The normalized spacial score (nSPS) is 15.0. The first-order valence-electron chi connectivity index (χ1n) is 8.29. The number of aryl methyl sites for hydroxylation is 1. The zero-order valence-corrected chi connectivity index (χ0v) is 15.3. The van der Waals surface area contributed by atoms with Gasteiger partial charge in [0.25, 0.3) is 5.91 Å². The highest BCUT2D eigenvalue weighted by molar-refractivity contribution is 9.10. The van der Waals surface area contributed by atoms with E-state index < -0.39 is 0 Å². The fourth-order valence-corrected chi connectivity index (χ4v) is 3.07. The second kappa shape index (κ2) is 7.75. The van der Waals surface area contributed by atoms with Crippen LogP contribution in [0.1, 0.15) is 41.9 Å². The second-order valence-electron chi connectivity index (χ2n) is 6.06. The van der Waals surface area contributed by atoms with Crippen LogP contribution in [0.5, 0.6) is 0 Å². The largest absolute Gasteiger partial charge is 0.341 e. The van der Waals surface area contributed by atoms with Gasteiger partial charge in [0.05, 0.1) is 0 Å². The van der Waals surface area contributed by atoms with Crippen molar-refractivity contribution in [2.45, 2.75) is 32.6 Å². The van der Waals surface area contributed by atoms with E-state index >= 15 is 0 Å². The molecule has 2 aromatic rings. The highest BCUT2D eigenvalue weighted by atomic mass is 79.9. The van der Waals surface area contributed by atoms with Crippen LogP contribution in [0, 0.1) is 6.92 Å². The molecular formula is C18H21BrN4O. The molecule has 0 spiro atoms. The SMILES string of the molecule is Cc1cc(C(=O)Nc2ccc(Br)cc2)nc(N2CCCCCC2)n1. The lowest BCUT2D eigenvalue weighted by atomic mass is 10.2. The molecule has 0 saturated carbocycles. The van der Waals surface area contributed by atoms with Crippen LogP contribution in [-0.4, -0.2) is 29.0 Å². The topological polar surface area (TPSA) is 58.1 Å². The van der Waals surface area contributed by atoms with E-state index in [1.165, 1.54) is 12.8 Å². The summed E-state index contributed by atoms with van der Waals surface area (Å²) in [5.41, 5.74) is 1.96. The fraction of sp³-hybridized carbons (Fsp3) is 0.389. The molecule has 0 radical (unpaired) electrons. The summed E-state index contributed by atoms with van der Waals surface area (Å²) in [6, 6.07) is 9.22. The van der Waals surface area contributed by atoms with Gasteiger partial charge in [0.15, 0.2) is 0 Å². The van der Waals surface area contributed by atoms with Crippen LogP contribution in [0.3, 0.4) is 0 Å². The molecule has 2 heterocycles. The summed E-state index contributed by atoms with van der Waals surface area (Å²) in [6.45, 7) is 3.81. The lowest BCUT2D eigenvalue weighted by molar-refractivity contribution is 0.102. The molecule has 24 heavy (non-hydrogen) atoms. The van der Waals surface area contributed by atoms with Crippen molar-refractivity contribution in [1.29, 1.82) is 0 Å². The Balaban J connectivity index is 1.79. The van der Waals surface area contributed by atoms with Crippen LogP contribution in [0.2, 0.25) is 0 Å². The van der Waals surface area contributed by atoms with Gasteiger partial charge in [-0.2, -0.15) is 0 Å². The summed E-state index contributed by atoms with van der Waals surface area (Å²) in [6.07, 6.45) is 4.80. The summed E-state index contributed by atoms with van der Waals surface area (Å²) in [4.78, 5) is 23.7. The third-order valence-electron chi connectivity index (χ3n) is 4.07. The molecule has 1 aromatic heterocycles. The van der Waals surface area contributed by atoms with Crippen LogP contribution >= 0.6 is 15.9 Å². The Bertz CT molecular complexity index is 709. The van der Waals surface area contributed by atoms with Crippen LogP contribution in [0.4, 0.5) is 11.6 Å². The number of nitrogens with one attached hydrogen (secondary N) is 1. The molecule has 0 aliphatic carbocycles. The third-order valence-corrected chi connectivity index (χ3v) is 4.59. The lowest BCUT2D eigenvalue weighted by Gasteiger charge is -2.21. The van der Waals surface area contributed by atoms with E-state index in [-0.39, 0.29) is 5.91 Å². The van der Waals surface area contributed by atoms with E-state index in [1.54, 1.807) is 6.07 Å². The van der Waals surface area contributed by atoms with Crippen molar-refractivity contribution in [2.75, 3.05) is 23.3 Å². The molecule has 126 valence electrons. The van der Waals surface area contributed by atoms with Crippen molar-refractivity contribution in [2.24, 2.45) is 0 Å². The molecule has 3 rings (SSSR count). The Morgan fingerprint density at radius 3 is 2.42 bits per heavy atom. The van der Waals surface area contributed by atoms with E-state index in [0.717, 1.165) is 41.8 Å². The van der Waals surface area contributed by atoms with Gasteiger partial charge in [0, 0.05) is 28.9 Å². The monoisotopic (exact) mass is 388 g/mol. The second-order valence-corrected chi connectivity index (χ2v) is 6.97. The van der Waals surface area contributed by atoms with Crippen molar-refractivity contribution in [3.8, 4) is 0 Å². The average molecular weight is 389 g/mol. The predicted octanol–water partition coefficient (Wildman–Crippen LogP) is 4.18. The number of hydrogen-bond acceptors (Lipinski definition) is 4. The van der Waals surface area contributed by atoms with Crippen LogP contribution in [0.15, 0.2) is 34.8 Å². The van der Waals surface area contributed by atoms with Gasteiger partial charge in [0.2, 0.25) is 5.95 Å². The molecule has 1 saturated heterocycles. The molecule has 5 nitrogen and oxygen atoms in total. The van der Waals surface area contributed by atoms with Gasteiger partial charge < -0.3 is 10.2 Å². The number of anilines is 2. The maximum Gasteiger partial charge on any atom is 0.274 e. The Labute approximate surface area is 150 Å². The molecule has 1 aliphatic rings. The highest BCUT2D eigenvalue weighted by Gasteiger charge is 2.16. The summed E-state index contributed by atoms with van der Waals surface area (Å²) >= 11 is 3.39. The minimum Gasteiger partial charge on any atom is -0.341 e. The first-order chi connectivity index (χ1) is 11.6. The Morgan fingerprint density at radius 2 is 1.75 bits per heavy atom. The average Bonchev–Trinajstić information content (AvgIpc) is 2.86. The lowest BCUT2D eigenvalue weighted by Crippen LogP contribution is -2.27. The smallest absolute Gasteiger partial charge is 0.274 e. The van der Waals surface area contributed by atoms with Gasteiger partial charge in [0.1, 0.15) is 5.69 Å². The van der Waals surface area contributed by atoms with E-state index in [1.807, 2.05) is 31.2 Å². The molecule has 1 aliphatic heterocycles. The highest BCUT2D eigenvalue weighted by Crippen LogP contribution is 2.18. The quantitative estimate of drug-likeness (QED) is 0.856. The van der Waals surface area contributed by atoms with Crippen molar-refractivity contribution in [3.05, 3.63) is 46.2 Å². The van der Waals surface area contributed by atoms with Gasteiger partial charge in [-0.3, -0.25) is 4.79 Å². The molecule has 0 bridgehead atoms. The summed E-state index contributed by atoms with van der Waals surface area (Å²) in [7, 11) is 0. The molecule has 0 atom stereocenters. The summed E-state index contributed by atoms with van der Waals surface area (Å²) < 4.78 is 0.974. The Hall–Kier alpha value is -1.95. The minimum atomic E-state index is -0.209. The first-order valence-corrected chi connectivity index (χ1v) is 9.09. The molecule has 1 N–H and O–H groups in total. The number of hydrogen-bond donors (Lipinski definition) is 1. The molecule has 0 unspecified atom stereocenters. The van der Waals surface area contributed by atoms with E-state index in [4.69, 9.17) is 0 Å². The van der Waals surface area contributed by atoms with Crippen molar-refractivity contribution < 1.29 is 4.79 Å². The molecular weight excluding hydrogens is 368 g/mol. The standard InChI is InChI=1S/C18H21BrN4O/c1-13-12-16(17(24)21-15-8-6-14(19)7-9-15)22-18(20-13)23-10-4-2-3-5-11-23/h6-9,12H,2-5,10-11H2,1H3,(H,21,24). The van der Waals surface area contributed by atoms with Gasteiger partial charge in [-0.15, -0.1) is 0 Å². The van der Waals surface area contributed by atoms with Crippen LogP contribution < -0.4 is 10.2 Å². The number of carbonyl (C=O) groups is 1. The van der Waals surface area contributed by atoms with Gasteiger partial charge >= 0.3 is 0 Å². The van der Waals surface area contributed by atoms with E-state index in [0.29, 0.717) is 11.6 Å². The van der Waals surface area contributed by atoms with Gasteiger partial charge in [-0.25, -0.2) is 9.97 Å². The van der Waals surface area contributed by atoms with Crippen LogP contribution in [-0.2, 0) is 0 Å². The fourth-order valence-electron chi connectivity index (χ4n) is 2.81. The molecule has 6 heteroatoms. The minimum absolute atomic E-state index is 0.209. The van der Waals surface area contributed by atoms with Gasteiger partial charge in [-0.1, -0.05) is 28.8 Å². The predicted molar refractivity (Wildman–Crippen MR) is 99.5 cm³/mol.